The fourth-order valence-electron chi connectivity index (χ4n) is 5.22. The molecule has 0 radical (unpaired) electrons. The largest absolute Gasteiger partial charge is 0.394 e. The summed E-state index contributed by atoms with van der Waals surface area (Å²) in [6, 6.07) is 12.4. The molecule has 1 saturated heterocycles. The van der Waals surface area contributed by atoms with Crippen LogP contribution in [-0.2, 0) is 26.8 Å². The number of benzene rings is 2. The maximum atomic E-state index is 14.0. The van der Waals surface area contributed by atoms with E-state index in [1.807, 2.05) is 30.3 Å². The van der Waals surface area contributed by atoms with Crippen molar-refractivity contribution in [3.8, 4) is 0 Å². The summed E-state index contributed by atoms with van der Waals surface area (Å²) in [5.41, 5.74) is 0.581. The molecule has 8 nitrogen and oxygen atoms in total. The molecule has 5 rings (SSSR count). The van der Waals surface area contributed by atoms with Gasteiger partial charge in [0.15, 0.2) is 5.54 Å². The molecular weight excluding hydrogens is 496 g/mol. The van der Waals surface area contributed by atoms with Crippen LogP contribution in [0.2, 0.25) is 0 Å². The van der Waals surface area contributed by atoms with Crippen molar-refractivity contribution < 1.29 is 18.3 Å². The van der Waals surface area contributed by atoms with Gasteiger partial charge in [0, 0.05) is 13.1 Å². The topological polar surface area (TPSA) is 112 Å². The molecule has 1 fully saturated rings. The molecule has 2 aromatic carbocycles. The zero-order chi connectivity index (χ0) is 25.7. The second-order valence-corrected chi connectivity index (χ2v) is 13.4. The molecule has 10 heteroatoms. The maximum Gasteiger partial charge on any atom is 0.251 e. The minimum absolute atomic E-state index is 0.00332. The first kappa shape index (κ1) is 25.1. The number of thiazole rings is 1. The predicted molar refractivity (Wildman–Crippen MR) is 142 cm³/mol. The van der Waals surface area contributed by atoms with E-state index in [1.165, 1.54) is 11.3 Å². The molecule has 1 aromatic heterocycles. The summed E-state index contributed by atoms with van der Waals surface area (Å²) in [6.07, 6.45) is 2.18. The standard InChI is InChI=1S/C26H32N4O4S2/c1-25(2)14-17-8-6-12-21(22(17)27-16-25)36(33,34)29-26(3,24(32)30-13-7-9-18(30)15-31)23-28-19-10-4-5-11-20(19)35-23/h4-6,8,10-12,18,27,29,31H,7,9,13-16H2,1-3H3/t18-,26-/m1/s1. The van der Waals surface area contributed by atoms with Gasteiger partial charge in [-0.1, -0.05) is 38.1 Å². The van der Waals surface area contributed by atoms with Crippen molar-refractivity contribution in [2.45, 2.75) is 56.5 Å². The van der Waals surface area contributed by atoms with Crippen LogP contribution < -0.4 is 10.0 Å². The van der Waals surface area contributed by atoms with E-state index in [9.17, 15) is 18.3 Å². The van der Waals surface area contributed by atoms with Gasteiger partial charge in [0.1, 0.15) is 9.90 Å². The summed E-state index contributed by atoms with van der Waals surface area (Å²) in [6.45, 7) is 6.80. The number of rotatable bonds is 6. The molecule has 192 valence electrons. The van der Waals surface area contributed by atoms with Gasteiger partial charge >= 0.3 is 0 Å². The van der Waals surface area contributed by atoms with Crippen LogP contribution in [0.4, 0.5) is 5.69 Å². The Hall–Kier alpha value is -2.53. The van der Waals surface area contributed by atoms with Gasteiger partial charge in [-0.2, -0.15) is 4.72 Å². The minimum Gasteiger partial charge on any atom is -0.394 e. The third kappa shape index (κ3) is 4.40. The third-order valence-electron chi connectivity index (χ3n) is 7.15. The van der Waals surface area contributed by atoms with Crippen LogP contribution in [0.15, 0.2) is 47.4 Å². The van der Waals surface area contributed by atoms with Crippen molar-refractivity contribution in [1.29, 1.82) is 0 Å². The van der Waals surface area contributed by atoms with E-state index >= 15 is 0 Å². The Morgan fingerprint density at radius 2 is 2.06 bits per heavy atom. The number of hydrogen-bond donors (Lipinski definition) is 3. The normalized spacial score (nSPS) is 21.1. The summed E-state index contributed by atoms with van der Waals surface area (Å²) in [4.78, 5) is 20.4. The van der Waals surface area contributed by atoms with Crippen molar-refractivity contribution in [3.05, 3.63) is 53.0 Å². The first-order chi connectivity index (χ1) is 17.0. The van der Waals surface area contributed by atoms with E-state index < -0.39 is 21.5 Å². The molecule has 0 unspecified atom stereocenters. The molecule has 0 spiro atoms. The molecule has 0 aliphatic carbocycles. The van der Waals surface area contributed by atoms with E-state index in [0.717, 1.165) is 23.1 Å². The molecule has 3 N–H and O–H groups in total. The Labute approximate surface area is 215 Å². The molecule has 0 bridgehead atoms. The van der Waals surface area contributed by atoms with E-state index in [0.29, 0.717) is 35.7 Å². The average Bonchev–Trinajstić information content (AvgIpc) is 3.49. The highest BCUT2D eigenvalue weighted by molar-refractivity contribution is 7.89. The number of likely N-dealkylation sites (tertiary alicyclic amines) is 1. The Morgan fingerprint density at radius 1 is 1.28 bits per heavy atom. The SMILES string of the molecule is CC1(C)CNc2c(cccc2S(=O)(=O)N[C@@](C)(C(=O)N2CCC[C@@H]2CO)c2nc3ccccc3s2)C1. The van der Waals surface area contributed by atoms with E-state index in [1.54, 1.807) is 24.0 Å². The van der Waals surface area contributed by atoms with Gasteiger partial charge < -0.3 is 15.3 Å². The van der Waals surface area contributed by atoms with Crippen LogP contribution >= 0.6 is 11.3 Å². The van der Waals surface area contributed by atoms with Crippen molar-refractivity contribution in [3.63, 3.8) is 0 Å². The first-order valence-corrected chi connectivity index (χ1v) is 14.5. The Balaban J connectivity index is 1.59. The van der Waals surface area contributed by atoms with Gasteiger partial charge in [-0.05, 0) is 55.4 Å². The van der Waals surface area contributed by atoms with Gasteiger partial charge in [-0.3, -0.25) is 4.79 Å². The lowest BCUT2D eigenvalue weighted by atomic mass is 9.82. The van der Waals surface area contributed by atoms with Crippen molar-refractivity contribution in [2.75, 3.05) is 25.0 Å². The van der Waals surface area contributed by atoms with Crippen LogP contribution in [0.1, 0.15) is 44.2 Å². The van der Waals surface area contributed by atoms with Crippen LogP contribution in [0.5, 0.6) is 0 Å². The fraction of sp³-hybridized carbons (Fsp3) is 0.462. The molecule has 2 atom stereocenters. The molecule has 0 saturated carbocycles. The molecule has 2 aliphatic rings. The van der Waals surface area contributed by atoms with Gasteiger partial charge in [0.2, 0.25) is 10.0 Å². The van der Waals surface area contributed by atoms with E-state index in [2.05, 4.69) is 28.9 Å². The van der Waals surface area contributed by atoms with Crippen LogP contribution in [0.25, 0.3) is 10.2 Å². The highest BCUT2D eigenvalue weighted by atomic mass is 32.2. The highest BCUT2D eigenvalue weighted by Gasteiger charge is 2.47. The van der Waals surface area contributed by atoms with Crippen LogP contribution in [0, 0.1) is 5.41 Å². The number of anilines is 1. The lowest BCUT2D eigenvalue weighted by molar-refractivity contribution is -0.139. The monoisotopic (exact) mass is 528 g/mol. The zero-order valence-electron chi connectivity index (χ0n) is 20.7. The van der Waals surface area contributed by atoms with Gasteiger partial charge in [0.25, 0.3) is 5.91 Å². The molecule has 1 amide bonds. The molecular formula is C26H32N4O4S2. The predicted octanol–water partition coefficient (Wildman–Crippen LogP) is 3.47. The van der Waals surface area contributed by atoms with Crippen molar-refractivity contribution in [2.24, 2.45) is 5.41 Å². The number of para-hydroxylation sites is 2. The Morgan fingerprint density at radius 3 is 2.81 bits per heavy atom. The fourth-order valence-corrected chi connectivity index (χ4v) is 7.91. The molecule has 3 heterocycles. The molecule has 3 aromatic rings. The summed E-state index contributed by atoms with van der Waals surface area (Å²) in [7, 11) is -4.14. The summed E-state index contributed by atoms with van der Waals surface area (Å²) < 4.78 is 31.5. The number of nitrogens with one attached hydrogen (secondary N) is 2. The average molecular weight is 529 g/mol. The van der Waals surface area contributed by atoms with E-state index in [4.69, 9.17) is 0 Å². The third-order valence-corrected chi connectivity index (χ3v) is 10.0. The number of amides is 1. The second kappa shape index (κ2) is 9.09. The zero-order valence-corrected chi connectivity index (χ0v) is 22.4. The summed E-state index contributed by atoms with van der Waals surface area (Å²) >= 11 is 1.30. The first-order valence-electron chi connectivity index (χ1n) is 12.2. The van der Waals surface area contributed by atoms with Crippen LogP contribution in [-0.4, -0.2) is 55.1 Å². The summed E-state index contributed by atoms with van der Waals surface area (Å²) in [5, 5.41) is 13.6. The van der Waals surface area contributed by atoms with E-state index in [-0.39, 0.29) is 23.0 Å². The molecule has 36 heavy (non-hydrogen) atoms. The molecule has 2 aliphatic heterocycles. The summed E-state index contributed by atoms with van der Waals surface area (Å²) in [5.74, 6) is -0.402. The van der Waals surface area contributed by atoms with Gasteiger partial charge in [-0.15, -0.1) is 11.3 Å². The number of carbonyl (C=O) groups excluding carboxylic acids is 1. The Bertz CT molecular complexity index is 1390. The van der Waals surface area contributed by atoms with Crippen molar-refractivity contribution in [1.82, 2.24) is 14.6 Å². The number of sulfonamides is 1. The quantitative estimate of drug-likeness (QED) is 0.452. The number of aromatic nitrogens is 1. The number of nitrogens with zero attached hydrogens (tertiary/aromatic N) is 2. The maximum absolute atomic E-state index is 14.0. The lowest BCUT2D eigenvalue weighted by Crippen LogP contribution is -2.57. The number of hydrogen-bond acceptors (Lipinski definition) is 7. The number of aliphatic hydroxyl groups excluding tert-OH is 1. The lowest BCUT2D eigenvalue weighted by Gasteiger charge is -2.36. The van der Waals surface area contributed by atoms with Gasteiger partial charge in [0.05, 0.1) is 28.6 Å². The number of aliphatic hydroxyl groups is 1. The Kier molecular flexibility index (Phi) is 6.35. The minimum atomic E-state index is -4.14. The van der Waals surface area contributed by atoms with Crippen molar-refractivity contribution >= 4 is 43.2 Å². The van der Waals surface area contributed by atoms with Gasteiger partial charge in [-0.25, -0.2) is 13.4 Å². The van der Waals surface area contributed by atoms with Crippen LogP contribution in [0.3, 0.4) is 0 Å². The second-order valence-electron chi connectivity index (χ2n) is 10.7. The number of carbonyl (C=O) groups is 1. The highest BCUT2D eigenvalue weighted by Crippen LogP contribution is 2.39. The smallest absolute Gasteiger partial charge is 0.251 e. The number of fused-ring (bicyclic) bond motifs is 2.